The van der Waals surface area contributed by atoms with E-state index >= 15 is 0 Å². The second kappa shape index (κ2) is 3.73. The molecule has 0 N–H and O–H groups in total. The molecular formula is C8H17O2P. The van der Waals surface area contributed by atoms with Crippen LogP contribution in [0.2, 0.25) is 0 Å². The Kier molecular flexibility index (Phi) is 3.15. The zero-order valence-electron chi connectivity index (χ0n) is 7.38. The molecule has 0 radical (unpaired) electrons. The van der Waals surface area contributed by atoms with Gasteiger partial charge in [-0.05, 0) is 25.7 Å². The summed E-state index contributed by atoms with van der Waals surface area (Å²) in [5, 5.41) is 0. The van der Waals surface area contributed by atoms with Gasteiger partial charge in [0.1, 0.15) is 0 Å². The van der Waals surface area contributed by atoms with Gasteiger partial charge in [0, 0.05) is 12.3 Å². The zero-order chi connectivity index (χ0) is 8.32. The molecule has 1 fully saturated rings. The van der Waals surface area contributed by atoms with Crippen LogP contribution in [0.4, 0.5) is 0 Å². The average Bonchev–Trinajstić information content (AvgIpc) is 1.86. The quantitative estimate of drug-likeness (QED) is 0.604. The van der Waals surface area contributed by atoms with Gasteiger partial charge < -0.3 is 4.52 Å². The molecule has 0 saturated carbocycles. The van der Waals surface area contributed by atoms with Gasteiger partial charge in [0.15, 0.2) is 0 Å². The van der Waals surface area contributed by atoms with Crippen molar-refractivity contribution in [2.24, 2.45) is 5.92 Å². The van der Waals surface area contributed by atoms with E-state index in [4.69, 9.17) is 4.52 Å². The van der Waals surface area contributed by atoms with Crippen LogP contribution in [-0.4, -0.2) is 18.9 Å². The van der Waals surface area contributed by atoms with Crippen molar-refractivity contribution in [3.8, 4) is 0 Å². The lowest BCUT2D eigenvalue weighted by molar-refractivity contribution is 0.319. The molecule has 11 heavy (non-hydrogen) atoms. The molecular weight excluding hydrogens is 159 g/mol. The first-order chi connectivity index (χ1) is 5.16. The minimum Gasteiger partial charge on any atom is -0.329 e. The fourth-order valence-corrected chi connectivity index (χ4v) is 4.37. The lowest BCUT2D eigenvalue weighted by Gasteiger charge is -2.26. The summed E-state index contributed by atoms with van der Waals surface area (Å²) in [7, 11) is -2.17. The maximum absolute atomic E-state index is 11.8. The summed E-state index contributed by atoms with van der Waals surface area (Å²) in [5.74, 6) is 0.598. The van der Waals surface area contributed by atoms with Crippen LogP contribution in [0.15, 0.2) is 0 Å². The van der Waals surface area contributed by atoms with E-state index < -0.39 is 7.37 Å². The molecule has 2 nitrogen and oxygen atoms in total. The van der Waals surface area contributed by atoms with Crippen LogP contribution in [0.5, 0.6) is 0 Å². The predicted molar refractivity (Wildman–Crippen MR) is 47.4 cm³/mol. The smallest absolute Gasteiger partial charge is 0.203 e. The third-order valence-corrected chi connectivity index (χ3v) is 5.06. The Morgan fingerprint density at radius 2 is 2.36 bits per heavy atom. The van der Waals surface area contributed by atoms with Gasteiger partial charge >= 0.3 is 0 Å². The molecule has 2 atom stereocenters. The van der Waals surface area contributed by atoms with E-state index in [1.807, 2.05) is 6.92 Å². The minimum atomic E-state index is -2.17. The maximum atomic E-state index is 11.8. The van der Waals surface area contributed by atoms with E-state index in [9.17, 15) is 4.57 Å². The molecule has 0 bridgehead atoms. The first kappa shape index (κ1) is 9.28. The highest BCUT2D eigenvalue weighted by molar-refractivity contribution is 7.59. The standard InChI is InChI=1S/C8H17O2P/c1-3-10-11(9)6-4-5-8(2)7-11/h8H,3-7H2,1-2H3/t8-,11+/m0/s1. The van der Waals surface area contributed by atoms with Crippen molar-refractivity contribution in [1.29, 1.82) is 0 Å². The Labute approximate surface area is 68.8 Å². The van der Waals surface area contributed by atoms with Gasteiger partial charge in [-0.2, -0.15) is 0 Å². The fourth-order valence-electron chi connectivity index (χ4n) is 1.69. The SMILES string of the molecule is CCO[P@]1(=O)CCC[C@H](C)C1. The third kappa shape index (κ3) is 2.61. The van der Waals surface area contributed by atoms with Crippen molar-refractivity contribution in [3.05, 3.63) is 0 Å². The molecule has 1 saturated heterocycles. The second-order valence-electron chi connectivity index (χ2n) is 3.39. The molecule has 1 aliphatic heterocycles. The van der Waals surface area contributed by atoms with Crippen molar-refractivity contribution >= 4 is 7.37 Å². The first-order valence-electron chi connectivity index (χ1n) is 4.39. The molecule has 1 heterocycles. The van der Waals surface area contributed by atoms with E-state index in [0.29, 0.717) is 12.5 Å². The van der Waals surface area contributed by atoms with Crippen molar-refractivity contribution in [2.75, 3.05) is 18.9 Å². The Morgan fingerprint density at radius 1 is 1.64 bits per heavy atom. The Hall–Kier alpha value is 0.190. The highest BCUT2D eigenvalue weighted by Crippen LogP contribution is 2.52. The number of hydrogen-bond donors (Lipinski definition) is 0. The summed E-state index contributed by atoms with van der Waals surface area (Å²) in [6.07, 6.45) is 3.92. The largest absolute Gasteiger partial charge is 0.329 e. The zero-order valence-corrected chi connectivity index (χ0v) is 8.27. The molecule has 0 spiro atoms. The van der Waals surface area contributed by atoms with Gasteiger partial charge in [-0.25, -0.2) is 0 Å². The number of rotatable bonds is 2. The van der Waals surface area contributed by atoms with Crippen LogP contribution in [0, 0.1) is 5.92 Å². The molecule has 66 valence electrons. The third-order valence-electron chi connectivity index (χ3n) is 2.15. The van der Waals surface area contributed by atoms with Crippen LogP contribution >= 0.6 is 7.37 Å². The van der Waals surface area contributed by atoms with Gasteiger partial charge in [-0.15, -0.1) is 0 Å². The van der Waals surface area contributed by atoms with Crippen LogP contribution in [0.1, 0.15) is 26.7 Å². The molecule has 0 amide bonds. The van der Waals surface area contributed by atoms with Crippen LogP contribution in [-0.2, 0) is 9.09 Å². The highest BCUT2D eigenvalue weighted by atomic mass is 31.2. The summed E-state index contributed by atoms with van der Waals surface area (Å²) in [6, 6.07) is 0. The maximum Gasteiger partial charge on any atom is 0.203 e. The van der Waals surface area contributed by atoms with Crippen molar-refractivity contribution in [1.82, 2.24) is 0 Å². The van der Waals surface area contributed by atoms with Crippen molar-refractivity contribution < 1.29 is 9.09 Å². The van der Waals surface area contributed by atoms with E-state index in [1.54, 1.807) is 0 Å². The summed E-state index contributed by atoms with van der Waals surface area (Å²) >= 11 is 0. The lowest BCUT2D eigenvalue weighted by Crippen LogP contribution is -2.13. The average molecular weight is 176 g/mol. The van der Waals surface area contributed by atoms with Gasteiger partial charge in [-0.3, -0.25) is 4.57 Å². The molecule has 1 rings (SSSR count). The van der Waals surface area contributed by atoms with E-state index in [2.05, 4.69) is 6.92 Å². The number of hydrogen-bond acceptors (Lipinski definition) is 2. The highest BCUT2D eigenvalue weighted by Gasteiger charge is 2.29. The van der Waals surface area contributed by atoms with Gasteiger partial charge in [0.05, 0.1) is 6.61 Å². The normalized spacial score (nSPS) is 38.9. The van der Waals surface area contributed by atoms with Crippen molar-refractivity contribution in [3.63, 3.8) is 0 Å². The summed E-state index contributed by atoms with van der Waals surface area (Å²) in [5.41, 5.74) is 0. The molecule has 0 unspecified atom stereocenters. The molecule has 0 aromatic heterocycles. The molecule has 0 aliphatic carbocycles. The van der Waals surface area contributed by atoms with Gasteiger partial charge in [-0.1, -0.05) is 6.92 Å². The van der Waals surface area contributed by atoms with Crippen LogP contribution in [0.3, 0.4) is 0 Å². The molecule has 3 heteroatoms. The summed E-state index contributed by atoms with van der Waals surface area (Å²) < 4.78 is 17.1. The molecule has 0 aromatic carbocycles. The predicted octanol–water partition coefficient (Wildman–Crippen LogP) is 2.73. The van der Waals surface area contributed by atoms with Gasteiger partial charge in [0.2, 0.25) is 7.37 Å². The Morgan fingerprint density at radius 3 is 2.91 bits per heavy atom. The second-order valence-corrected chi connectivity index (χ2v) is 6.09. The summed E-state index contributed by atoms with van der Waals surface area (Å²) in [4.78, 5) is 0. The van der Waals surface area contributed by atoms with Crippen LogP contribution in [0.25, 0.3) is 0 Å². The van der Waals surface area contributed by atoms with Crippen LogP contribution < -0.4 is 0 Å². The topological polar surface area (TPSA) is 26.3 Å². The van der Waals surface area contributed by atoms with Crippen molar-refractivity contribution in [2.45, 2.75) is 26.7 Å². The van der Waals surface area contributed by atoms with E-state index in [0.717, 1.165) is 18.7 Å². The lowest BCUT2D eigenvalue weighted by atomic mass is 10.1. The monoisotopic (exact) mass is 176 g/mol. The Balaban J connectivity index is 2.49. The van der Waals surface area contributed by atoms with Gasteiger partial charge in [0.25, 0.3) is 0 Å². The summed E-state index contributed by atoms with van der Waals surface area (Å²) in [6.45, 7) is 4.67. The van der Waals surface area contributed by atoms with E-state index in [-0.39, 0.29) is 0 Å². The Bertz CT molecular complexity index is 161. The van der Waals surface area contributed by atoms with E-state index in [1.165, 1.54) is 6.42 Å². The molecule has 1 aliphatic rings. The minimum absolute atomic E-state index is 0.598. The molecule has 0 aromatic rings. The fraction of sp³-hybridized carbons (Fsp3) is 1.00. The first-order valence-corrected chi connectivity index (χ1v) is 6.38.